The second-order valence-electron chi connectivity index (χ2n) is 4.20. The highest BCUT2D eigenvalue weighted by Gasteiger charge is 2.17. The van der Waals surface area contributed by atoms with E-state index in [1.807, 2.05) is 18.2 Å². The summed E-state index contributed by atoms with van der Waals surface area (Å²) in [6.45, 7) is 6.49. The lowest BCUT2D eigenvalue weighted by Gasteiger charge is -2.33. The monoisotopic (exact) mass is 215 g/mol. The van der Waals surface area contributed by atoms with Crippen molar-refractivity contribution in [3.05, 3.63) is 35.4 Å². The lowest BCUT2D eigenvalue weighted by Crippen LogP contribution is -2.44. The standard InChI is InChI=1S/C13H17N3/c1-11(16-7-5-15-6-8-16)13-4-2-3-12(9-13)10-14/h2-4,9,11,15H,5-8H2,1H3/t11-/m0/s1. The Bertz CT molecular complexity index is 388. The average molecular weight is 215 g/mol. The number of hydrogen-bond donors (Lipinski definition) is 1. The number of piperazine rings is 1. The van der Waals surface area contributed by atoms with Gasteiger partial charge in [0.2, 0.25) is 0 Å². The molecule has 1 fully saturated rings. The third-order valence-electron chi connectivity index (χ3n) is 3.20. The fourth-order valence-corrected chi connectivity index (χ4v) is 2.15. The Morgan fingerprint density at radius 2 is 2.12 bits per heavy atom. The van der Waals surface area contributed by atoms with Crippen LogP contribution in [-0.4, -0.2) is 31.1 Å². The first-order chi connectivity index (χ1) is 7.81. The van der Waals surface area contributed by atoms with E-state index in [9.17, 15) is 0 Å². The predicted molar refractivity (Wildman–Crippen MR) is 64.0 cm³/mol. The predicted octanol–water partition coefficient (Wildman–Crippen LogP) is 1.52. The normalized spacial score (nSPS) is 19.0. The molecular formula is C13H17N3. The van der Waals surface area contributed by atoms with Crippen molar-refractivity contribution in [3.63, 3.8) is 0 Å². The first-order valence-electron chi connectivity index (χ1n) is 5.76. The van der Waals surface area contributed by atoms with Gasteiger partial charge in [-0.15, -0.1) is 0 Å². The molecule has 0 amide bonds. The molecular weight excluding hydrogens is 198 g/mol. The van der Waals surface area contributed by atoms with Crippen LogP contribution in [0.2, 0.25) is 0 Å². The molecule has 0 spiro atoms. The number of nitrogens with one attached hydrogen (secondary N) is 1. The summed E-state index contributed by atoms with van der Waals surface area (Å²) < 4.78 is 0. The van der Waals surface area contributed by atoms with Crippen LogP contribution in [0.25, 0.3) is 0 Å². The smallest absolute Gasteiger partial charge is 0.0991 e. The van der Waals surface area contributed by atoms with E-state index in [4.69, 9.17) is 5.26 Å². The highest BCUT2D eigenvalue weighted by atomic mass is 15.2. The highest BCUT2D eigenvalue weighted by molar-refractivity contribution is 5.34. The van der Waals surface area contributed by atoms with Crippen LogP contribution in [0.1, 0.15) is 24.1 Å². The fraction of sp³-hybridized carbons (Fsp3) is 0.462. The first-order valence-corrected chi connectivity index (χ1v) is 5.76. The second-order valence-corrected chi connectivity index (χ2v) is 4.20. The molecule has 0 aromatic heterocycles. The van der Waals surface area contributed by atoms with Gasteiger partial charge in [0.15, 0.2) is 0 Å². The molecule has 0 aliphatic carbocycles. The molecule has 0 saturated carbocycles. The summed E-state index contributed by atoms with van der Waals surface area (Å²) in [5.74, 6) is 0. The van der Waals surface area contributed by atoms with Crippen LogP contribution in [0, 0.1) is 11.3 Å². The average Bonchev–Trinajstić information content (AvgIpc) is 2.39. The molecule has 1 aliphatic heterocycles. The number of nitrogens with zero attached hydrogens (tertiary/aromatic N) is 2. The third kappa shape index (κ3) is 2.41. The number of hydrogen-bond acceptors (Lipinski definition) is 3. The maximum atomic E-state index is 8.88. The zero-order valence-electron chi connectivity index (χ0n) is 9.61. The van der Waals surface area contributed by atoms with E-state index >= 15 is 0 Å². The summed E-state index contributed by atoms with van der Waals surface area (Å²) in [5, 5.41) is 12.2. The Labute approximate surface area is 96.7 Å². The summed E-state index contributed by atoms with van der Waals surface area (Å²) in [5.41, 5.74) is 1.99. The van der Waals surface area contributed by atoms with Crippen molar-refractivity contribution in [1.82, 2.24) is 10.2 Å². The maximum Gasteiger partial charge on any atom is 0.0991 e. The molecule has 0 radical (unpaired) electrons. The second kappa shape index (κ2) is 5.11. The lowest BCUT2D eigenvalue weighted by molar-refractivity contribution is 0.185. The van der Waals surface area contributed by atoms with Gasteiger partial charge in [-0.3, -0.25) is 4.90 Å². The molecule has 3 nitrogen and oxygen atoms in total. The van der Waals surface area contributed by atoms with Gasteiger partial charge < -0.3 is 5.32 Å². The maximum absolute atomic E-state index is 8.88. The molecule has 0 unspecified atom stereocenters. The molecule has 1 heterocycles. The summed E-state index contributed by atoms with van der Waals surface area (Å²) in [7, 11) is 0. The van der Waals surface area contributed by atoms with Crippen molar-refractivity contribution in [2.24, 2.45) is 0 Å². The van der Waals surface area contributed by atoms with Crippen LogP contribution >= 0.6 is 0 Å². The minimum atomic E-state index is 0.399. The Kier molecular flexibility index (Phi) is 3.55. The molecule has 16 heavy (non-hydrogen) atoms. The zero-order valence-corrected chi connectivity index (χ0v) is 9.61. The van der Waals surface area contributed by atoms with Crippen molar-refractivity contribution >= 4 is 0 Å². The van der Waals surface area contributed by atoms with Crippen molar-refractivity contribution in [2.75, 3.05) is 26.2 Å². The van der Waals surface area contributed by atoms with E-state index in [0.717, 1.165) is 31.7 Å². The van der Waals surface area contributed by atoms with Gasteiger partial charge in [-0.25, -0.2) is 0 Å². The van der Waals surface area contributed by atoms with Gasteiger partial charge in [0.05, 0.1) is 11.6 Å². The fourth-order valence-electron chi connectivity index (χ4n) is 2.15. The molecule has 1 atom stereocenters. The van der Waals surface area contributed by atoms with Crippen molar-refractivity contribution in [1.29, 1.82) is 5.26 Å². The molecule has 1 aliphatic rings. The summed E-state index contributed by atoms with van der Waals surface area (Å²) in [6.07, 6.45) is 0. The number of benzene rings is 1. The van der Waals surface area contributed by atoms with E-state index in [1.54, 1.807) is 0 Å². The van der Waals surface area contributed by atoms with E-state index in [2.05, 4.69) is 29.3 Å². The Balaban J connectivity index is 2.13. The topological polar surface area (TPSA) is 39.1 Å². The van der Waals surface area contributed by atoms with Gasteiger partial charge in [0.25, 0.3) is 0 Å². The van der Waals surface area contributed by atoms with Crippen LogP contribution in [0.15, 0.2) is 24.3 Å². The van der Waals surface area contributed by atoms with E-state index in [-0.39, 0.29) is 0 Å². The van der Waals surface area contributed by atoms with E-state index in [1.165, 1.54) is 5.56 Å². The van der Waals surface area contributed by atoms with Crippen molar-refractivity contribution in [2.45, 2.75) is 13.0 Å². The van der Waals surface area contributed by atoms with Crippen molar-refractivity contribution < 1.29 is 0 Å². The van der Waals surface area contributed by atoms with Crippen LogP contribution < -0.4 is 5.32 Å². The molecule has 1 aromatic rings. The number of nitriles is 1. The highest BCUT2D eigenvalue weighted by Crippen LogP contribution is 2.20. The number of rotatable bonds is 2. The van der Waals surface area contributed by atoms with Gasteiger partial charge in [0.1, 0.15) is 0 Å². The summed E-state index contributed by atoms with van der Waals surface area (Å²) in [6, 6.07) is 10.5. The summed E-state index contributed by atoms with van der Waals surface area (Å²) in [4.78, 5) is 2.45. The minimum absolute atomic E-state index is 0.399. The molecule has 0 bridgehead atoms. The van der Waals surface area contributed by atoms with Crippen LogP contribution in [-0.2, 0) is 0 Å². The summed E-state index contributed by atoms with van der Waals surface area (Å²) >= 11 is 0. The van der Waals surface area contributed by atoms with Gasteiger partial charge in [-0.05, 0) is 24.6 Å². The van der Waals surface area contributed by atoms with Gasteiger partial charge >= 0.3 is 0 Å². The van der Waals surface area contributed by atoms with Crippen LogP contribution in [0.3, 0.4) is 0 Å². The Hall–Kier alpha value is -1.37. The zero-order chi connectivity index (χ0) is 11.4. The largest absolute Gasteiger partial charge is 0.314 e. The van der Waals surface area contributed by atoms with Gasteiger partial charge in [-0.1, -0.05) is 12.1 Å². The van der Waals surface area contributed by atoms with Gasteiger partial charge in [-0.2, -0.15) is 5.26 Å². The Morgan fingerprint density at radius 3 is 2.81 bits per heavy atom. The van der Waals surface area contributed by atoms with Crippen LogP contribution in [0.4, 0.5) is 0 Å². The van der Waals surface area contributed by atoms with Gasteiger partial charge in [0, 0.05) is 32.2 Å². The molecule has 84 valence electrons. The molecule has 2 rings (SSSR count). The minimum Gasteiger partial charge on any atom is -0.314 e. The SMILES string of the molecule is C[C@@H](c1cccc(C#N)c1)N1CCNCC1. The Morgan fingerprint density at radius 1 is 1.38 bits per heavy atom. The van der Waals surface area contributed by atoms with E-state index in [0.29, 0.717) is 6.04 Å². The first kappa shape index (κ1) is 11.1. The molecule has 3 heteroatoms. The molecule has 1 saturated heterocycles. The molecule has 1 aromatic carbocycles. The van der Waals surface area contributed by atoms with E-state index < -0.39 is 0 Å². The third-order valence-corrected chi connectivity index (χ3v) is 3.20. The van der Waals surface area contributed by atoms with Crippen LogP contribution in [0.5, 0.6) is 0 Å². The molecule has 1 N–H and O–H groups in total. The van der Waals surface area contributed by atoms with Crippen molar-refractivity contribution in [3.8, 4) is 6.07 Å². The lowest BCUT2D eigenvalue weighted by atomic mass is 10.0. The quantitative estimate of drug-likeness (QED) is 0.813.